The van der Waals surface area contributed by atoms with E-state index in [4.69, 9.17) is 9.47 Å². The molecule has 0 amide bonds. The summed E-state index contributed by atoms with van der Waals surface area (Å²) in [7, 11) is 0. The van der Waals surface area contributed by atoms with Gasteiger partial charge in [-0.15, -0.1) is 0 Å². The van der Waals surface area contributed by atoms with E-state index in [2.05, 4.69) is 4.74 Å². The first kappa shape index (κ1) is 14.8. The average molecular weight is 264 g/mol. The van der Waals surface area contributed by atoms with Gasteiger partial charge in [0.1, 0.15) is 24.9 Å². The zero-order valence-electron chi connectivity index (χ0n) is 9.98. The molecule has 1 aliphatic heterocycles. The maximum atomic E-state index is 10.9. The van der Waals surface area contributed by atoms with Crippen LogP contribution in [0.15, 0.2) is 0 Å². The SMILES string of the molecule is CC(=O)OC[C@H]1O[C@H](O)[C@@H](O)[C@@H](O)[C@@H]1OC(C)=O. The third kappa shape index (κ3) is 3.64. The van der Waals surface area contributed by atoms with Crippen molar-refractivity contribution in [3.8, 4) is 0 Å². The molecule has 0 saturated carbocycles. The lowest BCUT2D eigenvalue weighted by atomic mass is 9.99. The Morgan fingerprint density at radius 3 is 2.22 bits per heavy atom. The van der Waals surface area contributed by atoms with Gasteiger partial charge in [0.05, 0.1) is 0 Å². The van der Waals surface area contributed by atoms with E-state index in [9.17, 15) is 24.9 Å². The first-order valence-corrected chi connectivity index (χ1v) is 5.33. The Morgan fingerprint density at radius 2 is 1.72 bits per heavy atom. The molecule has 1 rings (SSSR count). The van der Waals surface area contributed by atoms with Crippen molar-refractivity contribution in [2.75, 3.05) is 6.61 Å². The number of aliphatic hydroxyl groups is 3. The summed E-state index contributed by atoms with van der Waals surface area (Å²) in [6.07, 6.45) is -7.06. The summed E-state index contributed by atoms with van der Waals surface area (Å²) in [4.78, 5) is 21.6. The molecule has 0 spiro atoms. The Labute approximate surface area is 103 Å². The lowest BCUT2D eigenvalue weighted by Crippen LogP contribution is -2.60. The third-order valence-corrected chi connectivity index (χ3v) is 2.41. The van der Waals surface area contributed by atoms with Crippen LogP contribution < -0.4 is 0 Å². The van der Waals surface area contributed by atoms with Gasteiger partial charge < -0.3 is 29.5 Å². The van der Waals surface area contributed by atoms with Gasteiger partial charge in [-0.25, -0.2) is 0 Å². The highest BCUT2D eigenvalue weighted by Gasteiger charge is 2.46. The highest BCUT2D eigenvalue weighted by atomic mass is 16.7. The molecule has 1 aliphatic rings. The molecule has 0 aromatic heterocycles. The van der Waals surface area contributed by atoms with E-state index in [1.807, 2.05) is 0 Å². The summed E-state index contributed by atoms with van der Waals surface area (Å²) in [5.41, 5.74) is 0. The van der Waals surface area contributed by atoms with Crippen molar-refractivity contribution in [1.82, 2.24) is 0 Å². The number of carbonyl (C=O) groups excluding carboxylic acids is 2. The average Bonchev–Trinajstić information content (AvgIpc) is 2.27. The van der Waals surface area contributed by atoms with Gasteiger partial charge in [0.15, 0.2) is 12.4 Å². The number of carbonyl (C=O) groups is 2. The minimum absolute atomic E-state index is 0.311. The summed E-state index contributed by atoms with van der Waals surface area (Å²) in [5, 5.41) is 28.4. The molecule has 3 N–H and O–H groups in total. The monoisotopic (exact) mass is 264 g/mol. The van der Waals surface area contributed by atoms with E-state index in [0.29, 0.717) is 0 Å². The molecule has 0 aliphatic carbocycles. The molecule has 0 radical (unpaired) electrons. The van der Waals surface area contributed by atoms with Crippen molar-refractivity contribution in [2.45, 2.75) is 44.6 Å². The Bertz CT molecular complexity index is 317. The van der Waals surface area contributed by atoms with Crippen LogP contribution in [-0.2, 0) is 23.8 Å². The minimum atomic E-state index is -1.65. The van der Waals surface area contributed by atoms with Crippen molar-refractivity contribution in [3.63, 3.8) is 0 Å². The topological polar surface area (TPSA) is 123 Å². The van der Waals surface area contributed by atoms with Crippen LogP contribution in [0.3, 0.4) is 0 Å². The summed E-state index contributed by atoms with van der Waals surface area (Å²) < 4.78 is 14.4. The van der Waals surface area contributed by atoms with Gasteiger partial charge >= 0.3 is 11.9 Å². The second-order valence-corrected chi connectivity index (χ2v) is 3.92. The molecule has 1 fully saturated rings. The molecule has 104 valence electrons. The van der Waals surface area contributed by atoms with Crippen LogP contribution in [0.5, 0.6) is 0 Å². The highest BCUT2D eigenvalue weighted by molar-refractivity contribution is 5.66. The number of hydrogen-bond acceptors (Lipinski definition) is 8. The Morgan fingerprint density at radius 1 is 1.11 bits per heavy atom. The van der Waals surface area contributed by atoms with Crippen molar-refractivity contribution in [2.24, 2.45) is 0 Å². The summed E-state index contributed by atoms with van der Waals surface area (Å²) >= 11 is 0. The van der Waals surface area contributed by atoms with Crippen LogP contribution in [0, 0.1) is 0 Å². The second kappa shape index (κ2) is 6.10. The molecule has 1 saturated heterocycles. The molecular weight excluding hydrogens is 248 g/mol. The molecule has 0 aromatic rings. The van der Waals surface area contributed by atoms with E-state index < -0.39 is 42.6 Å². The van der Waals surface area contributed by atoms with Crippen LogP contribution in [-0.4, -0.2) is 64.6 Å². The fourth-order valence-corrected chi connectivity index (χ4v) is 1.59. The Hall–Kier alpha value is -1.22. The van der Waals surface area contributed by atoms with Crippen molar-refractivity contribution in [3.05, 3.63) is 0 Å². The lowest BCUT2D eigenvalue weighted by molar-refractivity contribution is -0.290. The molecule has 0 aromatic carbocycles. The van der Waals surface area contributed by atoms with E-state index in [1.54, 1.807) is 0 Å². The molecular formula is C10H16O8. The largest absolute Gasteiger partial charge is 0.463 e. The Kier molecular flexibility index (Phi) is 5.03. The van der Waals surface area contributed by atoms with Gasteiger partial charge in [0.2, 0.25) is 0 Å². The number of esters is 2. The standard InChI is InChI=1S/C10H16O8/c1-4(11)16-3-6-9(17-5(2)12)7(13)8(14)10(15)18-6/h6-10,13-15H,3H2,1-2H3/t6-,7-,8+,9-,10+/m1/s1. The maximum absolute atomic E-state index is 10.9. The first-order chi connectivity index (χ1) is 8.32. The van der Waals surface area contributed by atoms with Crippen LogP contribution in [0.25, 0.3) is 0 Å². The molecule has 18 heavy (non-hydrogen) atoms. The third-order valence-electron chi connectivity index (χ3n) is 2.41. The quantitative estimate of drug-likeness (QED) is 0.496. The minimum Gasteiger partial charge on any atom is -0.463 e. The van der Waals surface area contributed by atoms with Crippen LogP contribution in [0.4, 0.5) is 0 Å². The van der Waals surface area contributed by atoms with Crippen molar-refractivity contribution < 1.29 is 39.1 Å². The summed E-state index contributed by atoms with van der Waals surface area (Å²) in [6.45, 7) is 1.98. The smallest absolute Gasteiger partial charge is 0.303 e. The zero-order chi connectivity index (χ0) is 13.9. The normalized spacial score (nSPS) is 35.9. The molecule has 8 nitrogen and oxygen atoms in total. The fraction of sp³-hybridized carbons (Fsp3) is 0.800. The van der Waals surface area contributed by atoms with Gasteiger partial charge in [-0.1, -0.05) is 0 Å². The van der Waals surface area contributed by atoms with Gasteiger partial charge in [0, 0.05) is 13.8 Å². The first-order valence-electron chi connectivity index (χ1n) is 5.33. The van der Waals surface area contributed by atoms with Crippen LogP contribution >= 0.6 is 0 Å². The number of hydrogen-bond donors (Lipinski definition) is 3. The van der Waals surface area contributed by atoms with Crippen molar-refractivity contribution in [1.29, 1.82) is 0 Å². The van der Waals surface area contributed by atoms with Gasteiger partial charge in [-0.05, 0) is 0 Å². The molecule has 5 atom stereocenters. The zero-order valence-corrected chi connectivity index (χ0v) is 9.98. The van der Waals surface area contributed by atoms with E-state index in [0.717, 1.165) is 6.92 Å². The van der Waals surface area contributed by atoms with Gasteiger partial charge in [-0.3, -0.25) is 9.59 Å². The Balaban J connectivity index is 2.75. The predicted molar refractivity (Wildman–Crippen MR) is 55.1 cm³/mol. The van der Waals surface area contributed by atoms with E-state index in [1.165, 1.54) is 6.92 Å². The molecule has 0 bridgehead atoms. The van der Waals surface area contributed by atoms with E-state index in [-0.39, 0.29) is 6.61 Å². The highest BCUT2D eigenvalue weighted by Crippen LogP contribution is 2.23. The van der Waals surface area contributed by atoms with Crippen molar-refractivity contribution >= 4 is 11.9 Å². The number of aliphatic hydroxyl groups excluding tert-OH is 3. The molecule has 1 heterocycles. The van der Waals surface area contributed by atoms with E-state index >= 15 is 0 Å². The lowest BCUT2D eigenvalue weighted by Gasteiger charge is -2.39. The fourth-order valence-electron chi connectivity index (χ4n) is 1.59. The predicted octanol–water partition coefficient (Wildman–Crippen LogP) is -2.08. The number of ether oxygens (including phenoxy) is 3. The van der Waals surface area contributed by atoms with Crippen LogP contribution in [0.1, 0.15) is 13.8 Å². The number of rotatable bonds is 3. The second-order valence-electron chi connectivity index (χ2n) is 3.92. The van der Waals surface area contributed by atoms with Gasteiger partial charge in [-0.2, -0.15) is 0 Å². The maximum Gasteiger partial charge on any atom is 0.303 e. The molecule has 0 unspecified atom stereocenters. The van der Waals surface area contributed by atoms with Crippen LogP contribution in [0.2, 0.25) is 0 Å². The molecule has 8 heteroatoms. The summed E-state index contributed by atoms with van der Waals surface area (Å²) in [6, 6.07) is 0. The van der Waals surface area contributed by atoms with Gasteiger partial charge in [0.25, 0.3) is 0 Å². The summed E-state index contributed by atoms with van der Waals surface area (Å²) in [5.74, 6) is -1.28.